The Kier molecular flexibility index (Phi) is 4.63. The molecule has 0 aromatic heterocycles. The summed E-state index contributed by atoms with van der Waals surface area (Å²) in [4.78, 5) is 0. The third kappa shape index (κ3) is 3.56. The Labute approximate surface area is 95.0 Å². The molecule has 0 spiro atoms. The highest BCUT2D eigenvalue weighted by atomic mass is 35.5. The van der Waals surface area contributed by atoms with Crippen molar-refractivity contribution in [2.45, 2.75) is 20.3 Å². The number of rotatable bonds is 4. The molecule has 15 heavy (non-hydrogen) atoms. The average Bonchev–Trinajstić information content (AvgIpc) is 2.22. The van der Waals surface area contributed by atoms with E-state index in [-0.39, 0.29) is 5.82 Å². The van der Waals surface area contributed by atoms with Crippen LogP contribution in [0.4, 0.5) is 10.1 Å². The minimum absolute atomic E-state index is 0.315. The van der Waals surface area contributed by atoms with Crippen molar-refractivity contribution < 1.29 is 4.39 Å². The van der Waals surface area contributed by atoms with E-state index in [9.17, 15) is 4.39 Å². The van der Waals surface area contributed by atoms with Gasteiger partial charge in [-0.1, -0.05) is 36.2 Å². The first-order valence-corrected chi connectivity index (χ1v) is 5.36. The second kappa shape index (κ2) is 5.76. The molecule has 0 aliphatic carbocycles. The SMILES string of the molecule is CCC(C)=CCNc1c(F)cccc1Cl. The molecule has 1 aromatic carbocycles. The first kappa shape index (κ1) is 12.1. The van der Waals surface area contributed by atoms with Gasteiger partial charge in [0, 0.05) is 6.54 Å². The van der Waals surface area contributed by atoms with Crippen LogP contribution in [0.1, 0.15) is 20.3 Å². The zero-order chi connectivity index (χ0) is 11.3. The van der Waals surface area contributed by atoms with Crippen molar-refractivity contribution >= 4 is 17.3 Å². The van der Waals surface area contributed by atoms with Crippen molar-refractivity contribution in [2.75, 3.05) is 11.9 Å². The highest BCUT2D eigenvalue weighted by Gasteiger charge is 2.04. The molecule has 0 aliphatic heterocycles. The summed E-state index contributed by atoms with van der Waals surface area (Å²) in [5.74, 6) is -0.315. The third-order valence-electron chi connectivity index (χ3n) is 2.25. The van der Waals surface area contributed by atoms with E-state index in [0.29, 0.717) is 17.3 Å². The summed E-state index contributed by atoms with van der Waals surface area (Å²) in [6.07, 6.45) is 3.04. The quantitative estimate of drug-likeness (QED) is 0.759. The number of nitrogens with one attached hydrogen (secondary N) is 1. The van der Waals surface area contributed by atoms with Gasteiger partial charge >= 0.3 is 0 Å². The molecular weight excluding hydrogens is 213 g/mol. The van der Waals surface area contributed by atoms with E-state index in [0.717, 1.165) is 6.42 Å². The Hall–Kier alpha value is -1.02. The summed E-state index contributed by atoms with van der Waals surface area (Å²) in [6, 6.07) is 4.66. The van der Waals surface area contributed by atoms with Crippen molar-refractivity contribution in [1.82, 2.24) is 0 Å². The van der Waals surface area contributed by atoms with Gasteiger partial charge in [-0.3, -0.25) is 0 Å². The van der Waals surface area contributed by atoms with Crippen molar-refractivity contribution in [3.63, 3.8) is 0 Å². The summed E-state index contributed by atoms with van der Waals surface area (Å²) in [6.45, 7) is 4.73. The molecule has 0 unspecified atom stereocenters. The first-order valence-electron chi connectivity index (χ1n) is 4.98. The molecule has 0 saturated heterocycles. The molecule has 0 heterocycles. The van der Waals surface area contributed by atoms with Gasteiger partial charge in [-0.2, -0.15) is 0 Å². The molecular formula is C12H15ClFN. The second-order valence-corrected chi connectivity index (χ2v) is 3.79. The molecule has 82 valence electrons. The van der Waals surface area contributed by atoms with Gasteiger partial charge in [-0.15, -0.1) is 0 Å². The predicted molar refractivity (Wildman–Crippen MR) is 63.9 cm³/mol. The number of halogens is 2. The van der Waals surface area contributed by atoms with Crippen LogP contribution in [0.25, 0.3) is 0 Å². The van der Waals surface area contributed by atoms with E-state index in [1.54, 1.807) is 12.1 Å². The normalized spacial score (nSPS) is 11.6. The minimum Gasteiger partial charge on any atom is -0.378 e. The van der Waals surface area contributed by atoms with Crippen LogP contribution >= 0.6 is 11.6 Å². The van der Waals surface area contributed by atoms with E-state index in [1.165, 1.54) is 11.6 Å². The van der Waals surface area contributed by atoms with Crippen LogP contribution < -0.4 is 5.32 Å². The second-order valence-electron chi connectivity index (χ2n) is 3.38. The van der Waals surface area contributed by atoms with Gasteiger partial charge in [0.2, 0.25) is 0 Å². The Morgan fingerprint density at radius 2 is 2.27 bits per heavy atom. The fraction of sp³-hybridized carbons (Fsp3) is 0.333. The van der Waals surface area contributed by atoms with E-state index in [1.807, 2.05) is 13.0 Å². The number of allylic oxidation sites excluding steroid dienone is 1. The van der Waals surface area contributed by atoms with Crippen molar-refractivity contribution in [2.24, 2.45) is 0 Å². The lowest BCUT2D eigenvalue weighted by molar-refractivity contribution is 0.631. The summed E-state index contributed by atoms with van der Waals surface area (Å²) < 4.78 is 13.3. The van der Waals surface area contributed by atoms with Crippen molar-refractivity contribution in [3.05, 3.63) is 40.7 Å². The molecule has 1 aromatic rings. The lowest BCUT2D eigenvalue weighted by atomic mass is 10.2. The highest BCUT2D eigenvalue weighted by molar-refractivity contribution is 6.33. The molecule has 0 saturated carbocycles. The zero-order valence-corrected chi connectivity index (χ0v) is 9.74. The Bertz CT molecular complexity index is 340. The largest absolute Gasteiger partial charge is 0.378 e. The maximum atomic E-state index is 13.3. The van der Waals surface area contributed by atoms with Crippen LogP contribution in [-0.4, -0.2) is 6.54 Å². The van der Waals surface area contributed by atoms with Crippen LogP contribution in [0.3, 0.4) is 0 Å². The fourth-order valence-electron chi connectivity index (χ4n) is 1.14. The number of anilines is 1. The van der Waals surface area contributed by atoms with Crippen LogP contribution in [0.5, 0.6) is 0 Å². The van der Waals surface area contributed by atoms with E-state index >= 15 is 0 Å². The third-order valence-corrected chi connectivity index (χ3v) is 2.56. The summed E-state index contributed by atoms with van der Waals surface area (Å²) in [7, 11) is 0. The summed E-state index contributed by atoms with van der Waals surface area (Å²) >= 11 is 5.86. The van der Waals surface area contributed by atoms with Gasteiger partial charge in [0.05, 0.1) is 10.7 Å². The number of hydrogen-bond donors (Lipinski definition) is 1. The molecule has 0 radical (unpaired) electrons. The van der Waals surface area contributed by atoms with Gasteiger partial charge in [0.25, 0.3) is 0 Å². The molecule has 0 bridgehead atoms. The maximum absolute atomic E-state index is 13.3. The van der Waals surface area contributed by atoms with Crippen LogP contribution in [-0.2, 0) is 0 Å². The molecule has 1 N–H and O–H groups in total. The Morgan fingerprint density at radius 3 is 2.87 bits per heavy atom. The monoisotopic (exact) mass is 227 g/mol. The highest BCUT2D eigenvalue weighted by Crippen LogP contribution is 2.24. The molecule has 0 atom stereocenters. The Morgan fingerprint density at radius 1 is 1.53 bits per heavy atom. The standard InChI is InChI=1S/C12H15ClFN/c1-3-9(2)7-8-15-12-10(13)5-4-6-11(12)14/h4-7,15H,3,8H2,1-2H3. The lowest BCUT2D eigenvalue weighted by Crippen LogP contribution is -2.01. The van der Waals surface area contributed by atoms with Crippen molar-refractivity contribution in [1.29, 1.82) is 0 Å². The molecule has 1 rings (SSSR count). The zero-order valence-electron chi connectivity index (χ0n) is 8.98. The van der Waals surface area contributed by atoms with E-state index < -0.39 is 0 Å². The van der Waals surface area contributed by atoms with E-state index in [4.69, 9.17) is 11.6 Å². The molecule has 0 fully saturated rings. The number of para-hydroxylation sites is 1. The fourth-order valence-corrected chi connectivity index (χ4v) is 1.37. The van der Waals surface area contributed by atoms with Crippen LogP contribution in [0, 0.1) is 5.82 Å². The maximum Gasteiger partial charge on any atom is 0.147 e. The molecule has 0 aliphatic rings. The van der Waals surface area contributed by atoms with Crippen LogP contribution in [0.2, 0.25) is 5.02 Å². The Balaban J connectivity index is 2.65. The lowest BCUT2D eigenvalue weighted by Gasteiger charge is -2.07. The van der Waals surface area contributed by atoms with Gasteiger partial charge in [-0.25, -0.2) is 4.39 Å². The number of benzene rings is 1. The number of hydrogen-bond acceptors (Lipinski definition) is 1. The van der Waals surface area contributed by atoms with Gasteiger partial charge in [-0.05, 0) is 25.5 Å². The van der Waals surface area contributed by atoms with Gasteiger partial charge in [0.15, 0.2) is 0 Å². The van der Waals surface area contributed by atoms with Gasteiger partial charge in [0.1, 0.15) is 5.82 Å². The summed E-state index contributed by atoms with van der Waals surface area (Å²) in [5.41, 5.74) is 1.65. The smallest absolute Gasteiger partial charge is 0.147 e. The predicted octanol–water partition coefficient (Wildman–Crippen LogP) is 4.25. The van der Waals surface area contributed by atoms with E-state index in [2.05, 4.69) is 12.2 Å². The van der Waals surface area contributed by atoms with Crippen molar-refractivity contribution in [3.8, 4) is 0 Å². The molecule has 3 heteroatoms. The minimum atomic E-state index is -0.315. The average molecular weight is 228 g/mol. The topological polar surface area (TPSA) is 12.0 Å². The first-order chi connectivity index (χ1) is 7.15. The van der Waals surface area contributed by atoms with Crippen LogP contribution in [0.15, 0.2) is 29.8 Å². The molecule has 0 amide bonds. The summed E-state index contributed by atoms with van der Waals surface area (Å²) in [5, 5.41) is 3.38. The van der Waals surface area contributed by atoms with Gasteiger partial charge < -0.3 is 5.32 Å². The molecule has 1 nitrogen and oxygen atoms in total.